The molecule has 41 heavy (non-hydrogen) atoms. The number of aryl methyl sites for hydroxylation is 1. The minimum atomic E-state index is -0.597. The molecule has 0 saturated carbocycles. The molecule has 2 amide bonds. The third kappa shape index (κ3) is 6.10. The number of para-hydroxylation sites is 1. The van der Waals surface area contributed by atoms with Crippen LogP contribution in [0.3, 0.4) is 0 Å². The number of aromatic nitrogens is 2. The fraction of sp³-hybridized carbons (Fsp3) is 0.182. The monoisotopic (exact) mass is 566 g/mol. The fourth-order valence-corrected chi connectivity index (χ4v) is 5.09. The number of hydrogen-bond donors (Lipinski definition) is 1. The van der Waals surface area contributed by atoms with E-state index in [0.717, 1.165) is 11.1 Å². The molecule has 0 radical (unpaired) electrons. The summed E-state index contributed by atoms with van der Waals surface area (Å²) >= 11 is 6.19. The van der Waals surface area contributed by atoms with Crippen LogP contribution >= 0.6 is 11.6 Å². The standard InChI is InChI=1S/C33H31ClN4O3/c1-22-16-17-30(41-3)29(20-22)38-31(36-28-15-8-7-14-27(28)32(38)39)23(2)37(19-18-24-10-5-4-6-11-24)33(40)35-26-13-9-12-25(34)21-26/h4-17,20-21,23H,18-19H2,1-3H3,(H,35,40). The average molecular weight is 567 g/mol. The van der Waals surface area contributed by atoms with E-state index in [4.69, 9.17) is 21.3 Å². The van der Waals surface area contributed by atoms with E-state index < -0.39 is 6.04 Å². The summed E-state index contributed by atoms with van der Waals surface area (Å²) in [6.45, 7) is 4.22. The molecule has 4 aromatic carbocycles. The second-order valence-corrected chi connectivity index (χ2v) is 10.3. The van der Waals surface area contributed by atoms with E-state index in [0.29, 0.717) is 51.8 Å². The van der Waals surface area contributed by atoms with Crippen molar-refractivity contribution in [2.45, 2.75) is 26.3 Å². The van der Waals surface area contributed by atoms with E-state index >= 15 is 0 Å². The molecule has 1 heterocycles. The summed E-state index contributed by atoms with van der Waals surface area (Å²) in [5, 5.41) is 3.97. The van der Waals surface area contributed by atoms with Crippen LogP contribution in [0.15, 0.2) is 102 Å². The first kappa shape index (κ1) is 27.9. The number of carbonyl (C=O) groups excluding carboxylic acids is 1. The molecule has 0 bridgehead atoms. The van der Waals surface area contributed by atoms with Crippen molar-refractivity contribution in [1.29, 1.82) is 0 Å². The summed E-state index contributed by atoms with van der Waals surface area (Å²) in [6.07, 6.45) is 0.611. The van der Waals surface area contributed by atoms with Crippen molar-refractivity contribution in [2.24, 2.45) is 0 Å². The maximum atomic E-state index is 14.1. The molecule has 5 rings (SSSR count). The van der Waals surface area contributed by atoms with Crippen LogP contribution in [0.4, 0.5) is 10.5 Å². The zero-order valence-corrected chi connectivity index (χ0v) is 23.9. The second-order valence-electron chi connectivity index (χ2n) is 9.85. The topological polar surface area (TPSA) is 76.5 Å². The van der Waals surface area contributed by atoms with Gasteiger partial charge in [0.1, 0.15) is 11.6 Å². The molecule has 208 valence electrons. The van der Waals surface area contributed by atoms with Gasteiger partial charge in [-0.1, -0.05) is 66.2 Å². The van der Waals surface area contributed by atoms with Crippen molar-refractivity contribution < 1.29 is 9.53 Å². The number of urea groups is 1. The number of nitrogens with one attached hydrogen (secondary N) is 1. The van der Waals surface area contributed by atoms with Crippen LogP contribution in [0, 0.1) is 6.92 Å². The van der Waals surface area contributed by atoms with Gasteiger partial charge in [0.2, 0.25) is 0 Å². The smallest absolute Gasteiger partial charge is 0.322 e. The van der Waals surface area contributed by atoms with Crippen LogP contribution in [0.5, 0.6) is 5.75 Å². The predicted molar refractivity (Wildman–Crippen MR) is 164 cm³/mol. The van der Waals surface area contributed by atoms with Gasteiger partial charge in [0.05, 0.1) is 29.7 Å². The Hall–Kier alpha value is -4.62. The lowest BCUT2D eigenvalue weighted by Gasteiger charge is -2.31. The van der Waals surface area contributed by atoms with E-state index in [-0.39, 0.29) is 11.6 Å². The van der Waals surface area contributed by atoms with E-state index in [1.807, 2.05) is 80.6 Å². The molecule has 1 aromatic heterocycles. The molecule has 0 saturated heterocycles. The average Bonchev–Trinajstić information content (AvgIpc) is 2.97. The van der Waals surface area contributed by atoms with E-state index in [9.17, 15) is 9.59 Å². The van der Waals surface area contributed by atoms with Crippen molar-refractivity contribution >= 4 is 34.2 Å². The van der Waals surface area contributed by atoms with E-state index in [2.05, 4.69) is 5.32 Å². The highest BCUT2D eigenvalue weighted by molar-refractivity contribution is 6.30. The molecular formula is C33H31ClN4O3. The second kappa shape index (κ2) is 12.3. The minimum Gasteiger partial charge on any atom is -0.495 e. The highest BCUT2D eigenvalue weighted by atomic mass is 35.5. The first-order valence-corrected chi connectivity index (χ1v) is 13.8. The van der Waals surface area contributed by atoms with Gasteiger partial charge in [-0.3, -0.25) is 9.36 Å². The van der Waals surface area contributed by atoms with Crippen molar-refractivity contribution in [1.82, 2.24) is 14.5 Å². The number of ether oxygens (including phenoxy) is 1. The lowest BCUT2D eigenvalue weighted by molar-refractivity contribution is 0.190. The molecule has 1 atom stereocenters. The van der Waals surface area contributed by atoms with E-state index in [1.54, 1.807) is 46.9 Å². The maximum Gasteiger partial charge on any atom is 0.322 e. The van der Waals surface area contributed by atoms with Gasteiger partial charge in [-0.05, 0) is 73.9 Å². The number of hydrogen-bond acceptors (Lipinski definition) is 4. The SMILES string of the molecule is COc1ccc(C)cc1-n1c(C(C)N(CCc2ccccc2)C(=O)Nc2cccc(Cl)c2)nc2ccccc2c1=O. The summed E-state index contributed by atoms with van der Waals surface area (Å²) in [6, 6.07) is 28.9. The Morgan fingerprint density at radius 1 is 1.00 bits per heavy atom. The third-order valence-electron chi connectivity index (χ3n) is 7.04. The number of fused-ring (bicyclic) bond motifs is 1. The van der Waals surface area contributed by atoms with Gasteiger partial charge in [0, 0.05) is 17.3 Å². The molecule has 0 aliphatic heterocycles. The Kier molecular flexibility index (Phi) is 8.36. The van der Waals surface area contributed by atoms with Crippen molar-refractivity contribution in [3.8, 4) is 11.4 Å². The largest absolute Gasteiger partial charge is 0.495 e. The number of amides is 2. The summed E-state index contributed by atoms with van der Waals surface area (Å²) in [4.78, 5) is 34.6. The number of carbonyl (C=O) groups is 1. The van der Waals surface area contributed by atoms with Gasteiger partial charge in [0.25, 0.3) is 5.56 Å². The van der Waals surface area contributed by atoms with Crippen LogP contribution in [0.1, 0.15) is 29.9 Å². The van der Waals surface area contributed by atoms with Crippen molar-refractivity contribution in [3.63, 3.8) is 0 Å². The zero-order valence-electron chi connectivity index (χ0n) is 23.2. The normalized spacial score (nSPS) is 11.7. The van der Waals surface area contributed by atoms with E-state index in [1.165, 1.54) is 0 Å². The lowest BCUT2D eigenvalue weighted by atomic mass is 10.1. The summed E-state index contributed by atoms with van der Waals surface area (Å²) in [5.41, 5.74) is 3.50. The van der Waals surface area contributed by atoms with Crippen LogP contribution in [0.2, 0.25) is 5.02 Å². The van der Waals surface area contributed by atoms with Crippen molar-refractivity contribution in [2.75, 3.05) is 19.0 Å². The Morgan fingerprint density at radius 3 is 2.51 bits per heavy atom. The first-order chi connectivity index (χ1) is 19.9. The van der Waals surface area contributed by atoms with Gasteiger partial charge < -0.3 is 15.0 Å². The molecule has 8 heteroatoms. The maximum absolute atomic E-state index is 14.1. The third-order valence-corrected chi connectivity index (χ3v) is 7.27. The minimum absolute atomic E-state index is 0.236. The number of methoxy groups -OCH3 is 1. The molecule has 0 aliphatic rings. The summed E-state index contributed by atoms with van der Waals surface area (Å²) < 4.78 is 7.24. The number of halogens is 1. The van der Waals surface area contributed by atoms with Crippen LogP contribution in [0.25, 0.3) is 16.6 Å². The predicted octanol–water partition coefficient (Wildman–Crippen LogP) is 7.19. The summed E-state index contributed by atoms with van der Waals surface area (Å²) in [5.74, 6) is 0.953. The van der Waals surface area contributed by atoms with Gasteiger partial charge >= 0.3 is 6.03 Å². The molecular weight excluding hydrogens is 536 g/mol. The number of nitrogens with zero attached hydrogens (tertiary/aromatic N) is 3. The molecule has 5 aromatic rings. The number of benzene rings is 4. The van der Waals surface area contributed by atoms with Gasteiger partial charge in [-0.2, -0.15) is 0 Å². The Balaban J connectivity index is 1.65. The molecule has 0 aliphatic carbocycles. The lowest BCUT2D eigenvalue weighted by Crippen LogP contribution is -2.41. The zero-order chi connectivity index (χ0) is 28.9. The highest BCUT2D eigenvalue weighted by Crippen LogP contribution is 2.29. The highest BCUT2D eigenvalue weighted by Gasteiger charge is 2.28. The molecule has 7 nitrogen and oxygen atoms in total. The Morgan fingerprint density at radius 2 is 1.76 bits per heavy atom. The molecule has 1 unspecified atom stereocenters. The number of rotatable bonds is 8. The van der Waals surface area contributed by atoms with Crippen molar-refractivity contribution in [3.05, 3.63) is 129 Å². The van der Waals surface area contributed by atoms with Crippen LogP contribution < -0.4 is 15.6 Å². The Labute approximate surface area is 244 Å². The van der Waals surface area contributed by atoms with Gasteiger partial charge in [-0.25, -0.2) is 9.78 Å². The quantitative estimate of drug-likeness (QED) is 0.215. The van der Waals surface area contributed by atoms with Crippen LogP contribution in [-0.4, -0.2) is 34.1 Å². The molecule has 0 spiro atoms. The number of anilines is 1. The van der Waals surface area contributed by atoms with Crippen LogP contribution in [-0.2, 0) is 6.42 Å². The Bertz CT molecular complexity index is 1750. The van der Waals surface area contributed by atoms with Gasteiger partial charge in [-0.15, -0.1) is 0 Å². The fourth-order valence-electron chi connectivity index (χ4n) is 4.90. The first-order valence-electron chi connectivity index (χ1n) is 13.4. The molecule has 0 fully saturated rings. The molecule has 1 N–H and O–H groups in total. The van der Waals surface area contributed by atoms with Gasteiger partial charge in [0.15, 0.2) is 0 Å². The summed E-state index contributed by atoms with van der Waals surface area (Å²) in [7, 11) is 1.57.